The van der Waals surface area contributed by atoms with Crippen molar-refractivity contribution in [3.8, 4) is 0 Å². The number of hydrogen-bond acceptors (Lipinski definition) is 4. The lowest BCUT2D eigenvalue weighted by Gasteiger charge is -2.43. The van der Waals surface area contributed by atoms with Gasteiger partial charge in [0.15, 0.2) is 0 Å². The number of carboxylic acids is 1. The molecule has 3 aliphatic heterocycles. The summed E-state index contributed by atoms with van der Waals surface area (Å²) in [6.45, 7) is 5.94. The zero-order valence-electron chi connectivity index (χ0n) is 9.81. The Balaban J connectivity index is 0.000000280. The molecule has 0 aromatic rings. The molecule has 1 unspecified atom stereocenters. The second kappa shape index (κ2) is 5.84. The van der Waals surface area contributed by atoms with Crippen LogP contribution in [0.3, 0.4) is 0 Å². The minimum atomic E-state index is -0.833. The van der Waals surface area contributed by atoms with Crippen LogP contribution in [0.4, 0.5) is 0 Å². The van der Waals surface area contributed by atoms with E-state index in [9.17, 15) is 4.79 Å². The maximum absolute atomic E-state index is 10.7. The summed E-state index contributed by atoms with van der Waals surface area (Å²) in [6, 6.07) is 0. The summed E-state index contributed by atoms with van der Waals surface area (Å²) < 4.78 is 5.24. The van der Waals surface area contributed by atoms with Crippen LogP contribution in [0.15, 0.2) is 0 Å². The Labute approximate surface area is 95.4 Å². The Morgan fingerprint density at radius 2 is 1.75 bits per heavy atom. The smallest absolute Gasteiger partial charge is 0.302 e. The van der Waals surface area contributed by atoms with Gasteiger partial charge in [0.05, 0.1) is 0 Å². The van der Waals surface area contributed by atoms with Gasteiger partial charge in [0, 0.05) is 20.4 Å². The zero-order chi connectivity index (χ0) is 12.1. The molecule has 3 saturated heterocycles. The molecule has 1 N–H and O–H groups in total. The summed E-state index contributed by atoms with van der Waals surface area (Å²) in [7, 11) is 0. The maximum Gasteiger partial charge on any atom is 0.302 e. The van der Waals surface area contributed by atoms with E-state index in [1.54, 1.807) is 0 Å². The van der Waals surface area contributed by atoms with Crippen LogP contribution in [0, 0.1) is 5.92 Å². The molecule has 5 heteroatoms. The maximum atomic E-state index is 10.7. The van der Waals surface area contributed by atoms with Gasteiger partial charge in [-0.2, -0.15) is 0 Å². The third-order valence-corrected chi connectivity index (χ3v) is 2.91. The fraction of sp³-hybridized carbons (Fsp3) is 0.818. The van der Waals surface area contributed by atoms with Gasteiger partial charge in [0.25, 0.3) is 5.97 Å². The van der Waals surface area contributed by atoms with Gasteiger partial charge in [-0.1, -0.05) is 0 Å². The SMILES string of the molecule is CC(=O)O.CC(=O)OC1CN2CCC1CC2. The quantitative estimate of drug-likeness (QED) is 0.671. The van der Waals surface area contributed by atoms with Gasteiger partial charge in [-0.15, -0.1) is 0 Å². The molecule has 0 amide bonds. The van der Waals surface area contributed by atoms with E-state index in [4.69, 9.17) is 14.6 Å². The first-order valence-corrected chi connectivity index (χ1v) is 5.58. The van der Waals surface area contributed by atoms with Crippen molar-refractivity contribution in [1.82, 2.24) is 4.90 Å². The number of carboxylic acid groups (broad SMARTS) is 1. The molecule has 3 aliphatic rings. The van der Waals surface area contributed by atoms with Gasteiger partial charge in [-0.3, -0.25) is 14.5 Å². The Kier molecular flexibility index (Phi) is 4.73. The Morgan fingerprint density at radius 1 is 1.25 bits per heavy atom. The first-order chi connectivity index (χ1) is 7.49. The van der Waals surface area contributed by atoms with E-state index in [0.717, 1.165) is 13.5 Å². The number of rotatable bonds is 1. The molecule has 3 fully saturated rings. The minimum absolute atomic E-state index is 0.131. The van der Waals surface area contributed by atoms with Crippen molar-refractivity contribution in [2.75, 3.05) is 19.6 Å². The van der Waals surface area contributed by atoms with Gasteiger partial charge >= 0.3 is 5.97 Å². The van der Waals surface area contributed by atoms with Crippen LogP contribution >= 0.6 is 0 Å². The monoisotopic (exact) mass is 229 g/mol. The van der Waals surface area contributed by atoms with E-state index < -0.39 is 5.97 Å². The molecule has 92 valence electrons. The lowest BCUT2D eigenvalue weighted by Crippen LogP contribution is -2.51. The lowest BCUT2D eigenvalue weighted by atomic mass is 9.86. The molecule has 5 nitrogen and oxygen atoms in total. The number of ether oxygens (including phenoxy) is 1. The molecule has 0 aromatic heterocycles. The van der Waals surface area contributed by atoms with Crippen LogP contribution in [0.2, 0.25) is 0 Å². The first kappa shape index (κ1) is 13.0. The fourth-order valence-corrected chi connectivity index (χ4v) is 2.26. The predicted octanol–water partition coefficient (Wildman–Crippen LogP) is 0.735. The van der Waals surface area contributed by atoms with E-state index in [2.05, 4.69) is 4.90 Å². The zero-order valence-corrected chi connectivity index (χ0v) is 9.81. The van der Waals surface area contributed by atoms with Gasteiger partial charge in [-0.05, 0) is 31.8 Å². The summed E-state index contributed by atoms with van der Waals surface area (Å²) in [4.78, 5) is 22.1. The van der Waals surface area contributed by atoms with Crippen molar-refractivity contribution in [3.05, 3.63) is 0 Å². The fourth-order valence-electron chi connectivity index (χ4n) is 2.26. The van der Waals surface area contributed by atoms with E-state index in [-0.39, 0.29) is 12.1 Å². The second-order valence-corrected chi connectivity index (χ2v) is 4.30. The summed E-state index contributed by atoms with van der Waals surface area (Å²) >= 11 is 0. The van der Waals surface area contributed by atoms with E-state index in [0.29, 0.717) is 5.92 Å². The highest BCUT2D eigenvalue weighted by Crippen LogP contribution is 2.29. The predicted molar refractivity (Wildman–Crippen MR) is 58.0 cm³/mol. The van der Waals surface area contributed by atoms with Gasteiger partial charge in [0.1, 0.15) is 6.10 Å². The van der Waals surface area contributed by atoms with Gasteiger partial charge < -0.3 is 9.84 Å². The number of carbonyl (C=O) groups excluding carboxylic acids is 1. The van der Waals surface area contributed by atoms with Crippen LogP contribution in [-0.4, -0.2) is 47.7 Å². The van der Waals surface area contributed by atoms with Crippen molar-refractivity contribution in [2.24, 2.45) is 5.92 Å². The highest BCUT2D eigenvalue weighted by atomic mass is 16.5. The molecule has 3 heterocycles. The number of hydrogen-bond donors (Lipinski definition) is 1. The molecule has 1 atom stereocenters. The largest absolute Gasteiger partial charge is 0.481 e. The molecule has 0 radical (unpaired) electrons. The van der Waals surface area contributed by atoms with Crippen LogP contribution < -0.4 is 0 Å². The van der Waals surface area contributed by atoms with Crippen molar-refractivity contribution in [3.63, 3.8) is 0 Å². The number of aliphatic carboxylic acids is 1. The van der Waals surface area contributed by atoms with Gasteiger partial charge in [0.2, 0.25) is 0 Å². The minimum Gasteiger partial charge on any atom is -0.481 e. The summed E-state index contributed by atoms with van der Waals surface area (Å²) in [5, 5.41) is 7.42. The first-order valence-electron chi connectivity index (χ1n) is 5.58. The van der Waals surface area contributed by atoms with E-state index in [1.165, 1.54) is 32.9 Å². The van der Waals surface area contributed by atoms with Crippen molar-refractivity contribution < 1.29 is 19.4 Å². The van der Waals surface area contributed by atoms with Crippen molar-refractivity contribution in [1.29, 1.82) is 0 Å². The van der Waals surface area contributed by atoms with Crippen LogP contribution in [0.25, 0.3) is 0 Å². The standard InChI is InChI=1S/C9H15NO2.C2H4O2/c1-7(11)12-9-6-10-4-2-8(9)3-5-10;1-2(3)4/h8-9H,2-6H2,1H3;1H3,(H,3,4). The van der Waals surface area contributed by atoms with E-state index >= 15 is 0 Å². The Bertz CT molecular complexity index is 255. The molecular formula is C11H19NO4. The normalized spacial score (nSPS) is 31.2. The number of nitrogens with zero attached hydrogens (tertiary/aromatic N) is 1. The Morgan fingerprint density at radius 3 is 2.06 bits per heavy atom. The van der Waals surface area contributed by atoms with Crippen molar-refractivity contribution >= 4 is 11.9 Å². The molecule has 2 bridgehead atoms. The average molecular weight is 229 g/mol. The van der Waals surface area contributed by atoms with Crippen molar-refractivity contribution in [2.45, 2.75) is 32.8 Å². The molecule has 0 aliphatic carbocycles. The third kappa shape index (κ3) is 4.18. The Hall–Kier alpha value is -1.10. The average Bonchev–Trinajstić information content (AvgIpc) is 2.17. The highest BCUT2D eigenvalue weighted by Gasteiger charge is 2.35. The number of carbonyl (C=O) groups is 2. The summed E-state index contributed by atoms with van der Waals surface area (Å²) in [5.41, 5.74) is 0. The summed E-state index contributed by atoms with van der Waals surface area (Å²) in [5.74, 6) is -0.326. The molecule has 3 rings (SSSR count). The lowest BCUT2D eigenvalue weighted by molar-refractivity contribution is -0.156. The highest BCUT2D eigenvalue weighted by molar-refractivity contribution is 5.66. The molecule has 0 saturated carbocycles. The van der Waals surface area contributed by atoms with Crippen LogP contribution in [0.1, 0.15) is 26.7 Å². The third-order valence-electron chi connectivity index (χ3n) is 2.91. The van der Waals surface area contributed by atoms with E-state index in [1.807, 2.05) is 0 Å². The van der Waals surface area contributed by atoms with Crippen LogP contribution in [0.5, 0.6) is 0 Å². The topological polar surface area (TPSA) is 66.8 Å². The number of fused-ring (bicyclic) bond motifs is 3. The number of esters is 1. The molecule has 0 spiro atoms. The van der Waals surface area contributed by atoms with Crippen LogP contribution in [-0.2, 0) is 14.3 Å². The summed E-state index contributed by atoms with van der Waals surface area (Å²) in [6.07, 6.45) is 2.60. The molecule has 0 aromatic carbocycles. The second-order valence-electron chi connectivity index (χ2n) is 4.30. The number of piperidine rings is 3. The molecule has 16 heavy (non-hydrogen) atoms. The van der Waals surface area contributed by atoms with Gasteiger partial charge in [-0.25, -0.2) is 0 Å². The molecular weight excluding hydrogens is 210 g/mol.